The second kappa shape index (κ2) is 2.00. The molecule has 0 atom stereocenters. The van der Waals surface area contributed by atoms with Crippen molar-refractivity contribution in [2.75, 3.05) is 0 Å². The lowest BCUT2D eigenvalue weighted by atomic mass is 10.3. The molecule has 0 amide bonds. The van der Waals surface area contributed by atoms with Crippen LogP contribution in [0.15, 0.2) is 24.3 Å². The average molecular weight is 130 g/mol. The molecule has 1 aromatic carbocycles. The molecule has 0 radical (unpaired) electrons. The van der Waals surface area contributed by atoms with Gasteiger partial charge in [0.25, 0.3) is 0 Å². The zero-order valence-corrected chi connectivity index (χ0v) is 5.26. The molecule has 0 aliphatic carbocycles. The highest BCUT2D eigenvalue weighted by Crippen LogP contribution is 1.98. The third-order valence-electron chi connectivity index (χ3n) is 0.904. The first kappa shape index (κ1) is 2.69. The van der Waals surface area contributed by atoms with Gasteiger partial charge in [0.15, 0.2) is 0 Å². The van der Waals surface area contributed by atoms with Crippen LogP contribution in [0.4, 0.5) is 0 Å². The molecule has 0 saturated carbocycles. The van der Waals surface area contributed by atoms with Crippen molar-refractivity contribution < 1.29 is 5.11 Å². The minimum absolute atomic E-state index is 0.112. The van der Waals surface area contributed by atoms with Gasteiger partial charge < -0.3 is 5.11 Å². The van der Waals surface area contributed by atoms with E-state index < -0.39 is 10.0 Å². The zero-order chi connectivity index (χ0) is 8.48. The van der Waals surface area contributed by atoms with E-state index in [2.05, 4.69) is 0 Å². The lowest BCUT2D eigenvalue weighted by Gasteiger charge is -1.92. The summed E-state index contributed by atoms with van der Waals surface area (Å²) < 4.78 is 21.4. The van der Waals surface area contributed by atoms with Gasteiger partial charge in [0, 0.05) is 13.7 Å². The summed E-state index contributed by atoms with van der Waals surface area (Å²) in [5.41, 5.74) is 0. The summed E-state index contributed by atoms with van der Waals surface area (Å²) >= 11 is 0. The van der Waals surface area contributed by atoms with E-state index in [0.29, 0.717) is 0 Å². The van der Waals surface area contributed by atoms with Crippen molar-refractivity contribution in [2.24, 2.45) is 0 Å². The molecule has 1 aromatic rings. The molecule has 1 rings (SSSR count). The van der Waals surface area contributed by atoms with E-state index >= 15 is 0 Å². The van der Waals surface area contributed by atoms with E-state index in [1.165, 1.54) is 12.1 Å². The minimum Gasteiger partial charge on any atom is -0.508 e. The van der Waals surface area contributed by atoms with Crippen molar-refractivity contribution in [3.05, 3.63) is 24.3 Å². The van der Waals surface area contributed by atoms with Crippen LogP contribution >= 0.6 is 0 Å². The van der Waals surface area contributed by atoms with Crippen LogP contribution in [-0.2, 0) is 0 Å². The van der Waals surface area contributed by atoms with E-state index in [9.17, 15) is 0 Å². The molecule has 8 heavy (non-hydrogen) atoms. The van der Waals surface area contributed by atoms with Gasteiger partial charge >= 0.3 is 0 Å². The van der Waals surface area contributed by atoms with Crippen molar-refractivity contribution in [3.63, 3.8) is 0 Å². The van der Waals surface area contributed by atoms with Crippen LogP contribution in [0.1, 0.15) is 0 Å². The Kier molecular flexibility index (Phi) is 0.673. The molecule has 0 aliphatic rings. The highest BCUT2D eigenvalue weighted by Gasteiger charge is 1.86. The maximum absolute atomic E-state index is 9.12. The fraction of sp³-hybridized carbons (Fsp3) is 0. The summed E-state index contributed by atoms with van der Waals surface area (Å²) in [5, 5.41) is 9.26. The predicted molar refractivity (Wildman–Crippen MR) is 37.7 cm³/mol. The van der Waals surface area contributed by atoms with Crippen molar-refractivity contribution in [1.82, 2.24) is 0 Å². The Morgan fingerprint density at radius 2 is 2.25 bits per heavy atom. The first-order valence-corrected chi connectivity index (χ1v) is 2.80. The van der Waals surface area contributed by atoms with Gasteiger partial charge in [-0.25, -0.2) is 0 Å². The van der Waals surface area contributed by atoms with Crippen molar-refractivity contribution >= 4 is 15.2 Å². The molecule has 0 aromatic heterocycles. The van der Waals surface area contributed by atoms with E-state index in [0.717, 1.165) is 0 Å². The second-order valence-electron chi connectivity index (χ2n) is 1.52. The Bertz CT molecular complexity index is 258. The van der Waals surface area contributed by atoms with E-state index in [4.69, 9.17) is 8.81 Å². The lowest BCUT2D eigenvalue weighted by molar-refractivity contribution is 0.479. The number of rotatable bonds is 1. The molecule has 0 aliphatic heterocycles. The second-order valence-corrected chi connectivity index (χ2v) is 2.06. The molecular weight excluding hydrogens is 116 g/mol. The van der Waals surface area contributed by atoms with Crippen LogP contribution in [-0.4, -0.2) is 18.9 Å². The zero-order valence-electron chi connectivity index (χ0n) is 7.26. The topological polar surface area (TPSA) is 20.2 Å². The summed E-state index contributed by atoms with van der Waals surface area (Å²) in [6, 6.07) is 6.08. The molecule has 1 N–H and O–H groups in total. The molecular formula is C6H8OSi. The van der Waals surface area contributed by atoms with Crippen LogP contribution in [0.2, 0.25) is 0 Å². The van der Waals surface area contributed by atoms with E-state index in [1.54, 1.807) is 12.1 Å². The molecule has 0 fully saturated rings. The van der Waals surface area contributed by atoms with Gasteiger partial charge in [-0.05, 0) is 11.3 Å². The Morgan fingerprint density at radius 3 is 2.75 bits per heavy atom. The number of phenols is 1. The summed E-state index contributed by atoms with van der Waals surface area (Å²) in [6.45, 7) is 0. The minimum atomic E-state index is -3.58. The molecule has 2 heteroatoms. The number of phenolic OH excluding ortho intramolecular Hbond substituents is 1. The van der Waals surface area contributed by atoms with Crippen LogP contribution in [0.3, 0.4) is 0 Å². The van der Waals surface area contributed by atoms with Crippen LogP contribution in [0.5, 0.6) is 5.75 Å². The third kappa shape index (κ3) is 0.897. The maximum Gasteiger partial charge on any atom is 0.113 e. The fourth-order valence-corrected chi connectivity index (χ4v) is 0.653. The lowest BCUT2D eigenvalue weighted by Crippen LogP contribution is -1.99. The third-order valence-corrected chi connectivity index (χ3v) is 1.33. The molecule has 0 bridgehead atoms. The first-order chi connectivity index (χ1) is 5.02. The van der Waals surface area contributed by atoms with E-state index in [1.807, 2.05) is 0 Å². The summed E-state index contributed by atoms with van der Waals surface area (Å²) in [6.07, 6.45) is 0. The Hall–Kier alpha value is -0.763. The van der Waals surface area contributed by atoms with Crippen molar-refractivity contribution in [3.8, 4) is 5.75 Å². The predicted octanol–water partition coefficient (Wildman–Crippen LogP) is -0.617. The molecule has 42 valence electrons. The molecule has 0 spiro atoms. The van der Waals surface area contributed by atoms with Crippen molar-refractivity contribution in [1.29, 1.82) is 3.70 Å². The maximum atomic E-state index is 9.12. The summed E-state index contributed by atoms with van der Waals surface area (Å²) in [4.78, 5) is 0. The van der Waals surface area contributed by atoms with Gasteiger partial charge in [0.2, 0.25) is 0 Å². The van der Waals surface area contributed by atoms with Gasteiger partial charge in [-0.1, -0.05) is 18.2 Å². The highest BCUT2D eigenvalue weighted by molar-refractivity contribution is 6.34. The molecule has 0 heterocycles. The number of para-hydroxylation sites is 1. The summed E-state index contributed by atoms with van der Waals surface area (Å²) in [5.74, 6) is -0.112. The Morgan fingerprint density at radius 1 is 1.50 bits per heavy atom. The Balaban J connectivity index is 3.14. The molecule has 1 nitrogen and oxygen atoms in total. The monoisotopic (exact) mass is 130 g/mol. The average Bonchev–Trinajstić information content (AvgIpc) is 1.86. The van der Waals surface area contributed by atoms with Gasteiger partial charge in [-0.2, -0.15) is 0 Å². The highest BCUT2D eigenvalue weighted by atomic mass is 28.1. The molecule has 0 unspecified atom stereocenters. The van der Waals surface area contributed by atoms with Gasteiger partial charge in [0.05, 0.1) is 0 Å². The first-order valence-electron chi connectivity index (χ1n) is 3.80. The Labute approximate surface area is 55.1 Å². The SMILES string of the molecule is [3H][Si]([3H])([3H])c1ccccc1O. The van der Waals surface area contributed by atoms with E-state index in [-0.39, 0.29) is 10.9 Å². The van der Waals surface area contributed by atoms with Gasteiger partial charge in [-0.15, -0.1) is 0 Å². The van der Waals surface area contributed by atoms with Gasteiger partial charge in [-0.3, -0.25) is 0 Å². The number of hydrogen-bond acceptors (Lipinski definition) is 1. The standard InChI is InChI=1S/C6H8OSi/c7-5-3-1-2-4-6(5)8/h1-4,7H,8H3/i8T3. The number of hydrogen-bond donors (Lipinski definition) is 1. The normalized spacial score (nSPS) is 16.2. The van der Waals surface area contributed by atoms with Crippen LogP contribution in [0, 0.1) is 0 Å². The van der Waals surface area contributed by atoms with Crippen molar-refractivity contribution in [2.45, 2.75) is 0 Å². The van der Waals surface area contributed by atoms with Crippen LogP contribution < -0.4 is 5.19 Å². The number of benzene rings is 1. The smallest absolute Gasteiger partial charge is 0.113 e. The van der Waals surface area contributed by atoms with Gasteiger partial charge in [0.1, 0.15) is 5.75 Å². The largest absolute Gasteiger partial charge is 0.508 e. The number of aromatic hydroxyl groups is 1. The fourth-order valence-electron chi connectivity index (χ4n) is 0.474. The molecule has 0 saturated heterocycles. The summed E-state index contributed by atoms with van der Waals surface area (Å²) in [7, 11) is -3.58. The quantitative estimate of drug-likeness (QED) is 0.502. The van der Waals surface area contributed by atoms with Crippen LogP contribution in [0.25, 0.3) is 0 Å².